The number of hydrogen-bond donors (Lipinski definition) is 0. The predicted octanol–water partition coefficient (Wildman–Crippen LogP) is -0.102. The average molecular weight is 378 g/mol. The molecule has 0 N–H and O–H groups in total. The van der Waals surface area contributed by atoms with Crippen LogP contribution < -0.4 is 0 Å². The average Bonchev–Trinajstić information content (AvgIpc) is 2.45. The molecule has 10 heteroatoms. The highest BCUT2D eigenvalue weighted by molar-refractivity contribution is 7.91. The molecule has 0 aromatic heterocycles. The lowest BCUT2D eigenvalue weighted by Gasteiger charge is -2.14. The van der Waals surface area contributed by atoms with Crippen LogP contribution in [0, 0.1) is 6.92 Å². The fourth-order valence-corrected chi connectivity index (χ4v) is 3.40. The Bertz CT molecular complexity index is 779. The van der Waals surface area contributed by atoms with Crippen LogP contribution in [-0.2, 0) is 38.7 Å². The van der Waals surface area contributed by atoms with Crippen LogP contribution in [0.25, 0.3) is 0 Å². The molecule has 0 aliphatic rings. The Hall–Kier alpha value is -1.94. The van der Waals surface area contributed by atoms with Crippen molar-refractivity contribution in [2.75, 3.05) is 24.4 Å². The van der Waals surface area contributed by atoms with Gasteiger partial charge in [-0.1, -0.05) is 17.7 Å². The highest BCUT2D eigenvalue weighted by Crippen LogP contribution is 2.14. The summed E-state index contributed by atoms with van der Waals surface area (Å²) in [6, 6.07) is 5.93. The Morgan fingerprint density at radius 3 is 2.25 bits per heavy atom. The van der Waals surface area contributed by atoms with E-state index in [1.165, 1.54) is 12.1 Å². The van der Waals surface area contributed by atoms with Gasteiger partial charge in [-0.2, -0.15) is 0 Å². The largest absolute Gasteiger partial charge is 0.462 e. The van der Waals surface area contributed by atoms with Gasteiger partial charge in [0.05, 0.1) is 10.6 Å². The van der Waals surface area contributed by atoms with E-state index in [-0.39, 0.29) is 11.4 Å². The van der Waals surface area contributed by atoms with E-state index >= 15 is 0 Å². The van der Waals surface area contributed by atoms with Crippen molar-refractivity contribution in [3.63, 3.8) is 0 Å². The van der Waals surface area contributed by atoms with Crippen molar-refractivity contribution >= 4 is 32.1 Å². The van der Waals surface area contributed by atoms with Crippen molar-refractivity contribution in [2.45, 2.75) is 17.9 Å². The van der Waals surface area contributed by atoms with Gasteiger partial charge in [0.2, 0.25) is 6.10 Å². The van der Waals surface area contributed by atoms with E-state index in [1.54, 1.807) is 19.1 Å². The second-order valence-corrected chi connectivity index (χ2v) is 9.41. The Kier molecular flexibility index (Phi) is 6.91. The maximum absolute atomic E-state index is 12.3. The summed E-state index contributed by atoms with van der Waals surface area (Å²) in [4.78, 5) is 22.3. The van der Waals surface area contributed by atoms with Crippen LogP contribution in [0.1, 0.15) is 5.56 Å². The van der Waals surface area contributed by atoms with Crippen LogP contribution in [0.3, 0.4) is 0 Å². The molecule has 0 radical (unpaired) electrons. The van der Waals surface area contributed by atoms with Gasteiger partial charge in [-0.25, -0.2) is 21.6 Å². The Labute approximate surface area is 140 Å². The molecule has 1 unspecified atom stereocenters. The second kappa shape index (κ2) is 8.25. The van der Waals surface area contributed by atoms with Gasteiger partial charge in [0.25, 0.3) is 6.47 Å². The molecule has 24 heavy (non-hydrogen) atoms. The highest BCUT2D eigenvalue weighted by Gasteiger charge is 2.29. The summed E-state index contributed by atoms with van der Waals surface area (Å²) in [5, 5.41) is 0. The van der Waals surface area contributed by atoms with E-state index in [1.807, 2.05) is 0 Å². The standard InChI is InChI=1S/C14H18O8S2/c1-11-3-5-12(6-4-11)24(19,20)9-13(22-10-15)14(16)21-7-8-23(2,17)18/h3-6,10,13H,7-9H2,1-2H3. The normalized spacial score (nSPS) is 13.1. The molecule has 0 bridgehead atoms. The number of carbonyl (C=O) groups is 2. The summed E-state index contributed by atoms with van der Waals surface area (Å²) in [7, 11) is -7.25. The zero-order valence-corrected chi connectivity index (χ0v) is 14.8. The zero-order chi connectivity index (χ0) is 18.4. The van der Waals surface area contributed by atoms with Crippen LogP contribution in [0.4, 0.5) is 0 Å². The lowest BCUT2D eigenvalue weighted by Crippen LogP contribution is -2.34. The van der Waals surface area contributed by atoms with Gasteiger partial charge in [0, 0.05) is 6.26 Å². The molecule has 1 aromatic rings. The number of esters is 1. The van der Waals surface area contributed by atoms with Gasteiger partial charge in [-0.3, -0.25) is 4.79 Å². The molecule has 0 amide bonds. The van der Waals surface area contributed by atoms with E-state index in [4.69, 9.17) is 0 Å². The van der Waals surface area contributed by atoms with Crippen molar-refractivity contribution in [3.8, 4) is 0 Å². The van der Waals surface area contributed by atoms with Gasteiger partial charge in [-0.05, 0) is 19.1 Å². The van der Waals surface area contributed by atoms with Gasteiger partial charge >= 0.3 is 5.97 Å². The molecule has 1 aromatic carbocycles. The maximum Gasteiger partial charge on any atom is 0.348 e. The molecule has 0 saturated heterocycles. The lowest BCUT2D eigenvalue weighted by molar-refractivity contribution is -0.159. The summed E-state index contributed by atoms with van der Waals surface area (Å²) in [5.41, 5.74) is 0.856. The van der Waals surface area contributed by atoms with E-state index < -0.39 is 49.9 Å². The predicted molar refractivity (Wildman–Crippen MR) is 84.8 cm³/mol. The molecule has 1 rings (SSSR count). The number of benzene rings is 1. The Balaban J connectivity index is 2.82. The van der Waals surface area contributed by atoms with Crippen molar-refractivity contribution < 1.29 is 35.9 Å². The quantitative estimate of drug-likeness (QED) is 0.431. The van der Waals surface area contributed by atoms with E-state index in [0.717, 1.165) is 11.8 Å². The minimum atomic E-state index is -3.90. The van der Waals surface area contributed by atoms with Gasteiger partial charge in [0.1, 0.15) is 12.4 Å². The van der Waals surface area contributed by atoms with Crippen molar-refractivity contribution in [3.05, 3.63) is 29.8 Å². The van der Waals surface area contributed by atoms with Crippen LogP contribution in [0.5, 0.6) is 0 Å². The fourth-order valence-electron chi connectivity index (χ4n) is 1.66. The third kappa shape index (κ3) is 6.67. The molecule has 1 atom stereocenters. The minimum Gasteiger partial charge on any atom is -0.462 e. The Morgan fingerprint density at radius 2 is 1.75 bits per heavy atom. The maximum atomic E-state index is 12.3. The van der Waals surface area contributed by atoms with Crippen molar-refractivity contribution in [2.24, 2.45) is 0 Å². The van der Waals surface area contributed by atoms with Crippen LogP contribution in [-0.4, -0.2) is 59.7 Å². The monoisotopic (exact) mass is 378 g/mol. The van der Waals surface area contributed by atoms with Crippen molar-refractivity contribution in [1.29, 1.82) is 0 Å². The molecule has 0 saturated carbocycles. The van der Waals surface area contributed by atoms with Gasteiger partial charge in [-0.15, -0.1) is 0 Å². The molecule has 0 spiro atoms. The number of rotatable bonds is 9. The molecule has 0 fully saturated rings. The number of hydrogen-bond acceptors (Lipinski definition) is 8. The highest BCUT2D eigenvalue weighted by atomic mass is 32.2. The molecular formula is C14H18O8S2. The van der Waals surface area contributed by atoms with Gasteiger partial charge in [0.15, 0.2) is 19.7 Å². The summed E-state index contributed by atoms with van der Waals surface area (Å²) >= 11 is 0. The lowest BCUT2D eigenvalue weighted by atomic mass is 10.2. The molecule has 8 nitrogen and oxygen atoms in total. The number of aryl methyl sites for hydroxylation is 1. The topological polar surface area (TPSA) is 121 Å². The first kappa shape index (κ1) is 20.1. The third-order valence-electron chi connectivity index (χ3n) is 2.93. The van der Waals surface area contributed by atoms with E-state index in [9.17, 15) is 26.4 Å². The van der Waals surface area contributed by atoms with E-state index in [2.05, 4.69) is 9.47 Å². The second-order valence-electron chi connectivity index (χ2n) is 5.11. The summed E-state index contributed by atoms with van der Waals surface area (Å²) in [6.45, 7) is 1.27. The summed E-state index contributed by atoms with van der Waals surface area (Å²) < 4.78 is 55.6. The molecule has 134 valence electrons. The van der Waals surface area contributed by atoms with Gasteiger partial charge < -0.3 is 9.47 Å². The van der Waals surface area contributed by atoms with Crippen LogP contribution >= 0.6 is 0 Å². The molecule has 0 heterocycles. The minimum absolute atomic E-state index is 0.0310. The Morgan fingerprint density at radius 1 is 1.17 bits per heavy atom. The molecular weight excluding hydrogens is 360 g/mol. The number of sulfone groups is 2. The zero-order valence-electron chi connectivity index (χ0n) is 13.2. The third-order valence-corrected chi connectivity index (χ3v) is 5.57. The first-order valence-corrected chi connectivity index (χ1v) is 10.5. The number of ether oxygens (including phenoxy) is 2. The van der Waals surface area contributed by atoms with E-state index in [0.29, 0.717) is 0 Å². The molecule has 0 aliphatic heterocycles. The smallest absolute Gasteiger partial charge is 0.348 e. The van der Waals surface area contributed by atoms with Crippen LogP contribution in [0.2, 0.25) is 0 Å². The first-order valence-electron chi connectivity index (χ1n) is 6.78. The summed E-state index contributed by atoms with van der Waals surface area (Å²) in [6.07, 6.45) is -0.712. The van der Waals surface area contributed by atoms with Crippen molar-refractivity contribution in [1.82, 2.24) is 0 Å². The molecule has 0 aliphatic carbocycles. The number of carbonyl (C=O) groups excluding carboxylic acids is 2. The fraction of sp³-hybridized carbons (Fsp3) is 0.429. The summed E-state index contributed by atoms with van der Waals surface area (Å²) in [5.74, 6) is -2.34. The van der Waals surface area contributed by atoms with Crippen LogP contribution in [0.15, 0.2) is 29.2 Å². The first-order chi connectivity index (χ1) is 11.0. The SMILES string of the molecule is Cc1ccc(S(=O)(=O)CC(OC=O)C(=O)OCCS(C)(=O)=O)cc1.